The first-order valence-electron chi connectivity index (χ1n) is 9.05. The van der Waals surface area contributed by atoms with Crippen molar-refractivity contribution in [2.24, 2.45) is 0 Å². The summed E-state index contributed by atoms with van der Waals surface area (Å²) in [6.07, 6.45) is 4.66. The van der Waals surface area contributed by atoms with Crippen LogP contribution < -0.4 is 5.32 Å². The van der Waals surface area contributed by atoms with E-state index in [4.69, 9.17) is 0 Å². The lowest BCUT2D eigenvalue weighted by Gasteiger charge is -2.14. The number of thiazole rings is 1. The van der Waals surface area contributed by atoms with Gasteiger partial charge in [-0.25, -0.2) is 15.0 Å². The Morgan fingerprint density at radius 2 is 1.85 bits per heavy atom. The summed E-state index contributed by atoms with van der Waals surface area (Å²) in [6.45, 7) is 3.25. The zero-order valence-corrected chi connectivity index (χ0v) is 15.8. The van der Waals surface area contributed by atoms with E-state index < -0.39 is 0 Å². The zero-order chi connectivity index (χ0) is 18.5. The molecule has 1 aromatic carbocycles. The van der Waals surface area contributed by atoms with Crippen molar-refractivity contribution in [2.75, 3.05) is 13.1 Å². The van der Waals surface area contributed by atoms with Crippen LogP contribution in [0.4, 0.5) is 0 Å². The first kappa shape index (κ1) is 17.8. The second-order valence-corrected chi connectivity index (χ2v) is 7.40. The van der Waals surface area contributed by atoms with Gasteiger partial charge < -0.3 is 5.32 Å². The van der Waals surface area contributed by atoms with E-state index in [1.807, 2.05) is 5.38 Å². The molecule has 0 fully saturated rings. The number of hydrogen-bond acceptors (Lipinski definition) is 6. The van der Waals surface area contributed by atoms with E-state index in [1.54, 1.807) is 18.5 Å². The molecule has 0 saturated heterocycles. The maximum atomic E-state index is 12.1. The first-order chi connectivity index (χ1) is 13.3. The highest BCUT2D eigenvalue weighted by atomic mass is 32.1. The lowest BCUT2D eigenvalue weighted by atomic mass is 10.1. The number of benzene rings is 1. The van der Waals surface area contributed by atoms with Crippen LogP contribution in [0.25, 0.3) is 10.8 Å². The lowest BCUT2D eigenvalue weighted by Crippen LogP contribution is -2.29. The van der Waals surface area contributed by atoms with E-state index in [-0.39, 0.29) is 5.91 Å². The average molecular weight is 379 g/mol. The Bertz CT molecular complexity index is 887. The van der Waals surface area contributed by atoms with Gasteiger partial charge in [-0.15, -0.1) is 11.3 Å². The quantitative estimate of drug-likeness (QED) is 0.683. The number of amides is 1. The first-order valence-corrected chi connectivity index (χ1v) is 9.93. The van der Waals surface area contributed by atoms with Crippen LogP contribution in [0, 0.1) is 0 Å². The fourth-order valence-electron chi connectivity index (χ4n) is 3.17. The molecule has 3 aromatic rings. The smallest absolute Gasteiger partial charge is 0.221 e. The highest BCUT2D eigenvalue weighted by Crippen LogP contribution is 2.22. The second kappa shape index (κ2) is 8.37. The molecule has 4 rings (SSSR count). The molecule has 0 bridgehead atoms. The van der Waals surface area contributed by atoms with E-state index in [9.17, 15) is 4.79 Å². The molecular formula is C20H21N5OS. The minimum atomic E-state index is 0.0906. The molecule has 1 aliphatic rings. The van der Waals surface area contributed by atoms with Gasteiger partial charge in [-0.1, -0.05) is 24.3 Å². The van der Waals surface area contributed by atoms with Crippen molar-refractivity contribution >= 4 is 17.2 Å². The van der Waals surface area contributed by atoms with Crippen LogP contribution in [0.15, 0.2) is 48.1 Å². The van der Waals surface area contributed by atoms with Crippen LogP contribution >= 0.6 is 11.3 Å². The van der Waals surface area contributed by atoms with Crippen molar-refractivity contribution in [3.05, 3.63) is 64.9 Å². The van der Waals surface area contributed by atoms with Gasteiger partial charge in [0.25, 0.3) is 0 Å². The van der Waals surface area contributed by atoms with E-state index in [0.29, 0.717) is 25.2 Å². The Kier molecular flexibility index (Phi) is 5.50. The molecule has 27 heavy (non-hydrogen) atoms. The van der Waals surface area contributed by atoms with Gasteiger partial charge in [-0.2, -0.15) is 0 Å². The monoisotopic (exact) mass is 379 g/mol. The van der Waals surface area contributed by atoms with E-state index in [2.05, 4.69) is 49.4 Å². The zero-order valence-electron chi connectivity index (χ0n) is 15.0. The summed E-state index contributed by atoms with van der Waals surface area (Å²) in [7, 11) is 0. The SMILES string of the molecule is O=C(CCN1Cc2ccccc2C1)NCCc1csc(-c2ncccn2)n1. The van der Waals surface area contributed by atoms with Crippen molar-refractivity contribution in [1.82, 2.24) is 25.2 Å². The fraction of sp³-hybridized carbons (Fsp3) is 0.300. The van der Waals surface area contributed by atoms with Gasteiger partial charge in [0.1, 0.15) is 0 Å². The summed E-state index contributed by atoms with van der Waals surface area (Å²) < 4.78 is 0. The molecule has 3 heterocycles. The predicted octanol–water partition coefficient (Wildman–Crippen LogP) is 2.66. The normalized spacial score (nSPS) is 13.5. The standard InChI is InChI=1S/C20H21N5OS/c26-18(7-11-25-12-15-4-1-2-5-16(15)13-25)21-10-6-17-14-27-20(24-17)19-22-8-3-9-23-19/h1-5,8-9,14H,6-7,10-13H2,(H,21,26). The third kappa shape index (κ3) is 4.56. The number of rotatable bonds is 7. The van der Waals surface area contributed by atoms with E-state index in [0.717, 1.165) is 30.3 Å². The summed E-state index contributed by atoms with van der Waals surface area (Å²) in [5, 5.41) is 5.80. The maximum absolute atomic E-state index is 12.1. The van der Waals surface area contributed by atoms with Gasteiger partial charge in [0.2, 0.25) is 5.91 Å². The third-order valence-corrected chi connectivity index (χ3v) is 5.46. The Hall–Kier alpha value is -2.64. The number of fused-ring (bicyclic) bond motifs is 1. The molecule has 0 radical (unpaired) electrons. The molecule has 0 spiro atoms. The molecule has 138 valence electrons. The van der Waals surface area contributed by atoms with Gasteiger partial charge in [0.15, 0.2) is 10.8 Å². The summed E-state index contributed by atoms with van der Waals surface area (Å²) in [6, 6.07) is 10.3. The van der Waals surface area contributed by atoms with Crippen LogP contribution in [0.3, 0.4) is 0 Å². The maximum Gasteiger partial charge on any atom is 0.221 e. The lowest BCUT2D eigenvalue weighted by molar-refractivity contribution is -0.121. The van der Waals surface area contributed by atoms with E-state index in [1.165, 1.54) is 22.5 Å². The van der Waals surface area contributed by atoms with Gasteiger partial charge in [0, 0.05) is 56.8 Å². The van der Waals surface area contributed by atoms with Crippen LogP contribution in [-0.4, -0.2) is 38.8 Å². The molecule has 1 amide bonds. The number of nitrogens with one attached hydrogen (secondary N) is 1. The molecule has 0 atom stereocenters. The van der Waals surface area contributed by atoms with Crippen molar-refractivity contribution in [2.45, 2.75) is 25.9 Å². The molecule has 2 aromatic heterocycles. The Morgan fingerprint density at radius 1 is 1.11 bits per heavy atom. The number of carbonyl (C=O) groups is 1. The van der Waals surface area contributed by atoms with Crippen molar-refractivity contribution in [1.29, 1.82) is 0 Å². The van der Waals surface area contributed by atoms with Gasteiger partial charge in [-0.3, -0.25) is 9.69 Å². The second-order valence-electron chi connectivity index (χ2n) is 6.55. The van der Waals surface area contributed by atoms with Gasteiger partial charge >= 0.3 is 0 Å². The number of aromatic nitrogens is 3. The van der Waals surface area contributed by atoms with E-state index >= 15 is 0 Å². The van der Waals surface area contributed by atoms with Crippen LogP contribution in [0.2, 0.25) is 0 Å². The van der Waals surface area contributed by atoms with Crippen molar-refractivity contribution in [3.63, 3.8) is 0 Å². The number of carbonyl (C=O) groups excluding carboxylic acids is 1. The van der Waals surface area contributed by atoms with Crippen LogP contribution in [-0.2, 0) is 24.3 Å². The molecule has 7 heteroatoms. The highest BCUT2D eigenvalue weighted by Gasteiger charge is 2.18. The molecule has 0 unspecified atom stereocenters. The van der Waals surface area contributed by atoms with Gasteiger partial charge in [-0.05, 0) is 17.2 Å². The fourth-order valence-corrected chi connectivity index (χ4v) is 3.97. The van der Waals surface area contributed by atoms with Gasteiger partial charge in [0.05, 0.1) is 5.69 Å². The van der Waals surface area contributed by atoms with Crippen LogP contribution in [0.1, 0.15) is 23.2 Å². The van der Waals surface area contributed by atoms with Crippen LogP contribution in [0.5, 0.6) is 0 Å². The average Bonchev–Trinajstić information content (AvgIpc) is 3.34. The molecular weight excluding hydrogens is 358 g/mol. The third-order valence-electron chi connectivity index (χ3n) is 4.57. The largest absolute Gasteiger partial charge is 0.356 e. The number of hydrogen-bond donors (Lipinski definition) is 1. The minimum Gasteiger partial charge on any atom is -0.356 e. The minimum absolute atomic E-state index is 0.0906. The molecule has 0 aliphatic carbocycles. The molecule has 1 aliphatic heterocycles. The Morgan fingerprint density at radius 3 is 2.59 bits per heavy atom. The predicted molar refractivity (Wildman–Crippen MR) is 105 cm³/mol. The van der Waals surface area contributed by atoms with Crippen molar-refractivity contribution < 1.29 is 4.79 Å². The Balaban J connectivity index is 1.18. The van der Waals surface area contributed by atoms with Crippen molar-refractivity contribution in [3.8, 4) is 10.8 Å². The molecule has 1 N–H and O–H groups in total. The molecule has 0 saturated carbocycles. The summed E-state index contributed by atoms with van der Waals surface area (Å²) in [4.78, 5) is 27.4. The molecule has 6 nitrogen and oxygen atoms in total. The highest BCUT2D eigenvalue weighted by molar-refractivity contribution is 7.13. The summed E-state index contributed by atoms with van der Waals surface area (Å²) in [5.41, 5.74) is 3.71. The Labute approximate surface area is 162 Å². The topological polar surface area (TPSA) is 71.0 Å². The summed E-state index contributed by atoms with van der Waals surface area (Å²) in [5.74, 6) is 0.734. The number of nitrogens with zero attached hydrogens (tertiary/aromatic N) is 4. The summed E-state index contributed by atoms with van der Waals surface area (Å²) >= 11 is 1.53.